The Morgan fingerprint density at radius 1 is 1.56 bits per heavy atom. The lowest BCUT2D eigenvalue weighted by Gasteiger charge is -2.17. The molecule has 0 aromatic carbocycles. The van der Waals surface area contributed by atoms with E-state index in [0.29, 0.717) is 5.92 Å². The highest BCUT2D eigenvalue weighted by Crippen LogP contribution is 2.23. The molecule has 0 amide bonds. The largest absolute Gasteiger partial charge is 0.384 e. The molecule has 1 unspecified atom stereocenters. The molecule has 1 aromatic heterocycles. The van der Waals surface area contributed by atoms with Crippen LogP contribution in [0, 0.1) is 5.92 Å². The van der Waals surface area contributed by atoms with Crippen LogP contribution in [0.2, 0.25) is 0 Å². The quantitative estimate of drug-likeness (QED) is 0.823. The molecule has 0 saturated carbocycles. The van der Waals surface area contributed by atoms with Gasteiger partial charge in [-0.25, -0.2) is 9.97 Å². The van der Waals surface area contributed by atoms with Crippen LogP contribution in [0.5, 0.6) is 0 Å². The summed E-state index contributed by atoms with van der Waals surface area (Å²) in [4.78, 5) is 10.7. The van der Waals surface area contributed by atoms with Gasteiger partial charge in [0.15, 0.2) is 0 Å². The van der Waals surface area contributed by atoms with Crippen LogP contribution in [-0.2, 0) is 4.74 Å². The van der Waals surface area contributed by atoms with Crippen LogP contribution in [0.25, 0.3) is 0 Å². The van der Waals surface area contributed by atoms with E-state index in [1.807, 2.05) is 13.1 Å². The zero-order valence-corrected chi connectivity index (χ0v) is 9.81. The first-order valence-corrected chi connectivity index (χ1v) is 5.57. The number of hydrogen-bond acceptors (Lipinski definition) is 5. The van der Waals surface area contributed by atoms with Gasteiger partial charge >= 0.3 is 0 Å². The number of methoxy groups -OCH3 is 1. The van der Waals surface area contributed by atoms with Crippen molar-refractivity contribution in [2.24, 2.45) is 5.92 Å². The number of hydrogen-bond donors (Lipinski definition) is 1. The predicted octanol–water partition coefficient (Wildman–Crippen LogP) is 0.991. The molecular weight excluding hydrogens is 204 g/mol. The molecule has 5 nitrogen and oxygen atoms in total. The van der Waals surface area contributed by atoms with Crippen LogP contribution >= 0.6 is 0 Å². The first kappa shape index (κ1) is 11.1. The van der Waals surface area contributed by atoms with Crippen LogP contribution in [0.15, 0.2) is 12.4 Å². The van der Waals surface area contributed by atoms with Crippen LogP contribution in [0.1, 0.15) is 6.42 Å². The van der Waals surface area contributed by atoms with Gasteiger partial charge in [-0.05, 0) is 6.42 Å². The van der Waals surface area contributed by atoms with Crippen LogP contribution in [0.3, 0.4) is 0 Å². The summed E-state index contributed by atoms with van der Waals surface area (Å²) in [6.45, 7) is 2.91. The zero-order chi connectivity index (χ0) is 11.4. The third kappa shape index (κ3) is 2.41. The Morgan fingerprint density at radius 3 is 3.19 bits per heavy atom. The van der Waals surface area contributed by atoms with E-state index >= 15 is 0 Å². The van der Waals surface area contributed by atoms with Gasteiger partial charge in [-0.3, -0.25) is 0 Å². The van der Waals surface area contributed by atoms with Crippen molar-refractivity contribution >= 4 is 11.6 Å². The summed E-state index contributed by atoms with van der Waals surface area (Å²) in [5.74, 6) is 2.48. The van der Waals surface area contributed by atoms with E-state index in [0.717, 1.165) is 31.3 Å². The molecule has 1 fully saturated rings. The number of nitrogens with one attached hydrogen (secondary N) is 1. The van der Waals surface area contributed by atoms with Gasteiger partial charge in [0.2, 0.25) is 0 Å². The van der Waals surface area contributed by atoms with Crippen molar-refractivity contribution in [3.05, 3.63) is 12.4 Å². The molecule has 0 aliphatic carbocycles. The van der Waals surface area contributed by atoms with Crippen molar-refractivity contribution in [2.75, 3.05) is 44.1 Å². The second-order valence-corrected chi connectivity index (χ2v) is 4.07. The average molecular weight is 222 g/mol. The van der Waals surface area contributed by atoms with Crippen molar-refractivity contribution in [3.63, 3.8) is 0 Å². The topological polar surface area (TPSA) is 50.3 Å². The normalized spacial score (nSPS) is 20.1. The fourth-order valence-corrected chi connectivity index (χ4v) is 2.07. The number of aromatic nitrogens is 2. The molecule has 88 valence electrons. The number of rotatable bonds is 4. The van der Waals surface area contributed by atoms with Gasteiger partial charge in [-0.2, -0.15) is 0 Å². The smallest absolute Gasteiger partial charge is 0.134 e. The minimum absolute atomic E-state index is 0.623. The molecule has 1 saturated heterocycles. The number of nitrogens with zero attached hydrogens (tertiary/aromatic N) is 3. The molecule has 2 heterocycles. The van der Waals surface area contributed by atoms with Gasteiger partial charge in [-0.1, -0.05) is 0 Å². The molecule has 0 radical (unpaired) electrons. The van der Waals surface area contributed by atoms with E-state index in [1.165, 1.54) is 6.42 Å². The van der Waals surface area contributed by atoms with Crippen molar-refractivity contribution in [1.82, 2.24) is 9.97 Å². The Balaban J connectivity index is 2.02. The molecule has 0 spiro atoms. The first-order chi connectivity index (χ1) is 7.83. The standard InChI is InChI=1S/C11H18N4O/c1-12-10-5-11(14-8-13-10)15-4-3-9(6-15)7-16-2/h5,8-9H,3-4,6-7H2,1-2H3,(H,12,13,14). The van der Waals surface area contributed by atoms with Crippen LogP contribution in [0.4, 0.5) is 11.6 Å². The van der Waals surface area contributed by atoms with Gasteiger partial charge < -0.3 is 15.0 Å². The monoisotopic (exact) mass is 222 g/mol. The predicted molar refractivity (Wildman–Crippen MR) is 63.8 cm³/mol. The third-order valence-electron chi connectivity index (χ3n) is 2.92. The molecule has 1 aliphatic heterocycles. The molecule has 1 aliphatic rings. The molecule has 0 bridgehead atoms. The Bertz CT molecular complexity index is 345. The summed E-state index contributed by atoms with van der Waals surface area (Å²) in [6, 6.07) is 1.98. The maximum absolute atomic E-state index is 5.18. The Kier molecular flexibility index (Phi) is 3.56. The summed E-state index contributed by atoms with van der Waals surface area (Å²) in [7, 11) is 3.62. The second-order valence-electron chi connectivity index (χ2n) is 4.07. The first-order valence-electron chi connectivity index (χ1n) is 5.57. The Morgan fingerprint density at radius 2 is 2.44 bits per heavy atom. The lowest BCUT2D eigenvalue weighted by molar-refractivity contribution is 0.161. The van der Waals surface area contributed by atoms with E-state index in [1.54, 1.807) is 13.4 Å². The van der Waals surface area contributed by atoms with Crippen molar-refractivity contribution < 1.29 is 4.74 Å². The van der Waals surface area contributed by atoms with E-state index in [4.69, 9.17) is 4.74 Å². The summed E-state index contributed by atoms with van der Waals surface area (Å²) >= 11 is 0. The maximum atomic E-state index is 5.18. The van der Waals surface area contributed by atoms with Crippen molar-refractivity contribution in [3.8, 4) is 0 Å². The fraction of sp³-hybridized carbons (Fsp3) is 0.636. The fourth-order valence-electron chi connectivity index (χ4n) is 2.07. The summed E-state index contributed by atoms with van der Waals surface area (Å²) < 4.78 is 5.18. The minimum atomic E-state index is 0.623. The lowest BCUT2D eigenvalue weighted by atomic mass is 10.1. The van der Waals surface area contributed by atoms with Crippen molar-refractivity contribution in [2.45, 2.75) is 6.42 Å². The molecule has 1 atom stereocenters. The maximum Gasteiger partial charge on any atom is 0.134 e. The van der Waals surface area contributed by atoms with Gasteiger partial charge in [0.25, 0.3) is 0 Å². The molecule has 16 heavy (non-hydrogen) atoms. The van der Waals surface area contributed by atoms with E-state index in [9.17, 15) is 0 Å². The highest BCUT2D eigenvalue weighted by molar-refractivity contribution is 5.48. The highest BCUT2D eigenvalue weighted by Gasteiger charge is 2.23. The molecular formula is C11H18N4O. The second kappa shape index (κ2) is 5.12. The summed E-state index contributed by atoms with van der Waals surface area (Å²) in [6.07, 6.45) is 2.78. The average Bonchev–Trinajstić information content (AvgIpc) is 2.78. The zero-order valence-electron chi connectivity index (χ0n) is 9.81. The van der Waals surface area contributed by atoms with Gasteiger partial charge in [0, 0.05) is 39.2 Å². The van der Waals surface area contributed by atoms with Crippen LogP contribution < -0.4 is 10.2 Å². The van der Waals surface area contributed by atoms with Crippen LogP contribution in [-0.4, -0.2) is 43.8 Å². The van der Waals surface area contributed by atoms with E-state index in [-0.39, 0.29) is 0 Å². The summed E-state index contributed by atoms with van der Waals surface area (Å²) in [5.41, 5.74) is 0. The van der Waals surface area contributed by atoms with E-state index in [2.05, 4.69) is 20.2 Å². The van der Waals surface area contributed by atoms with Crippen molar-refractivity contribution in [1.29, 1.82) is 0 Å². The molecule has 1 aromatic rings. The SMILES string of the molecule is CNc1cc(N2CCC(COC)C2)ncn1. The van der Waals surface area contributed by atoms with Gasteiger partial charge in [0.05, 0.1) is 6.61 Å². The Hall–Kier alpha value is -1.36. The highest BCUT2D eigenvalue weighted by atomic mass is 16.5. The van der Waals surface area contributed by atoms with E-state index < -0.39 is 0 Å². The molecule has 5 heteroatoms. The third-order valence-corrected chi connectivity index (χ3v) is 2.92. The van der Waals surface area contributed by atoms with Gasteiger partial charge in [-0.15, -0.1) is 0 Å². The Labute approximate surface area is 95.8 Å². The molecule has 2 rings (SSSR count). The minimum Gasteiger partial charge on any atom is -0.384 e. The number of ether oxygens (including phenoxy) is 1. The number of anilines is 2. The lowest BCUT2D eigenvalue weighted by Crippen LogP contribution is -2.22. The van der Waals surface area contributed by atoms with Gasteiger partial charge in [0.1, 0.15) is 18.0 Å². The summed E-state index contributed by atoms with van der Waals surface area (Å²) in [5, 5.41) is 3.02. The molecule has 1 N–H and O–H groups in total.